The highest BCUT2D eigenvalue weighted by molar-refractivity contribution is 6.32. The summed E-state index contributed by atoms with van der Waals surface area (Å²) in [4.78, 5) is 29.5. The normalized spacial score (nSPS) is 20.7. The molecule has 12 heteroatoms. The molecule has 5 heterocycles. The topological polar surface area (TPSA) is 93.7 Å². The molecule has 2 aromatic heterocycles. The summed E-state index contributed by atoms with van der Waals surface area (Å²) >= 11 is 6.28. The fourth-order valence-corrected chi connectivity index (χ4v) is 5.07. The van der Waals surface area contributed by atoms with E-state index in [9.17, 15) is 9.18 Å². The van der Waals surface area contributed by atoms with Crippen LogP contribution in [0.5, 0.6) is 6.01 Å². The predicted molar refractivity (Wildman–Crippen MR) is 126 cm³/mol. The number of nitrogens with one attached hydrogen (secondary N) is 1. The average molecular weight is 491 g/mol. The number of fused-ring (bicyclic) bond motifs is 1. The Bertz CT molecular complexity index is 1090. The lowest BCUT2D eigenvalue weighted by Gasteiger charge is -2.35. The average Bonchev–Trinajstić information content (AvgIpc) is 3.56. The van der Waals surface area contributed by atoms with Crippen LogP contribution >= 0.6 is 11.6 Å². The van der Waals surface area contributed by atoms with Gasteiger partial charge in [-0.05, 0) is 26.4 Å². The Morgan fingerprint density at radius 3 is 2.68 bits per heavy atom. The third kappa shape index (κ3) is 4.41. The van der Waals surface area contributed by atoms with Crippen molar-refractivity contribution < 1.29 is 13.9 Å². The van der Waals surface area contributed by atoms with Crippen LogP contribution in [0.25, 0.3) is 0 Å². The van der Waals surface area contributed by atoms with Crippen LogP contribution in [-0.4, -0.2) is 88.3 Å². The van der Waals surface area contributed by atoms with Crippen LogP contribution in [0.4, 0.5) is 15.9 Å². The van der Waals surface area contributed by atoms with E-state index in [1.165, 1.54) is 4.90 Å². The van der Waals surface area contributed by atoms with E-state index in [-0.39, 0.29) is 0 Å². The van der Waals surface area contributed by atoms with E-state index in [4.69, 9.17) is 26.3 Å². The number of likely N-dealkylation sites (tertiary alicyclic amines) is 1. The molecule has 1 amide bonds. The SMILES string of the molecule is C=C(F)C(=O)N1CCN(c2nc(OC[C@@H]3CCCN3C)nc3c2CN(c2cn[nH]c2Cl)C3)CC1. The zero-order valence-electron chi connectivity index (χ0n) is 19.1. The minimum atomic E-state index is -0.934. The lowest BCUT2D eigenvalue weighted by molar-refractivity contribution is -0.128. The number of H-pyrrole nitrogens is 1. The Morgan fingerprint density at radius 1 is 1.24 bits per heavy atom. The van der Waals surface area contributed by atoms with Gasteiger partial charge in [-0.25, -0.2) is 4.39 Å². The molecule has 0 radical (unpaired) electrons. The first kappa shape index (κ1) is 22.9. The summed E-state index contributed by atoms with van der Waals surface area (Å²) in [6.45, 7) is 7.70. The van der Waals surface area contributed by atoms with Crippen LogP contribution in [0, 0.1) is 0 Å². The van der Waals surface area contributed by atoms with Crippen molar-refractivity contribution in [2.24, 2.45) is 0 Å². The number of likely N-dealkylation sites (N-methyl/N-ethyl adjacent to an activating group) is 1. The van der Waals surface area contributed by atoms with Gasteiger partial charge in [0.2, 0.25) is 0 Å². The van der Waals surface area contributed by atoms with Gasteiger partial charge in [0.05, 0.1) is 24.1 Å². The fourth-order valence-electron chi connectivity index (χ4n) is 4.85. The van der Waals surface area contributed by atoms with E-state index in [1.54, 1.807) is 6.20 Å². The van der Waals surface area contributed by atoms with Crippen LogP contribution in [0.1, 0.15) is 24.1 Å². The van der Waals surface area contributed by atoms with Crippen LogP contribution in [0.15, 0.2) is 18.6 Å². The summed E-state index contributed by atoms with van der Waals surface area (Å²) in [5.41, 5.74) is 2.68. The van der Waals surface area contributed by atoms with Gasteiger partial charge in [0.25, 0.3) is 5.91 Å². The van der Waals surface area contributed by atoms with E-state index in [2.05, 4.69) is 38.5 Å². The first-order valence-electron chi connectivity index (χ1n) is 11.5. The van der Waals surface area contributed by atoms with Gasteiger partial charge in [-0.1, -0.05) is 18.2 Å². The standard InChI is InChI=1S/C22H28ClFN8O2/c1-14(24)21(33)31-8-6-30(7-9-31)20-16-11-32(18-10-25-28-19(18)23)12-17(16)26-22(27-20)34-13-15-4-3-5-29(15)2/h10,15H,1,3-9,11-13H2,2H3,(H,25,28)/t15-/m0/s1. The molecule has 0 aliphatic carbocycles. The predicted octanol–water partition coefficient (Wildman–Crippen LogP) is 1.98. The lowest BCUT2D eigenvalue weighted by atomic mass is 10.2. The molecular formula is C22H28ClFN8O2. The highest BCUT2D eigenvalue weighted by atomic mass is 35.5. The third-order valence-corrected chi connectivity index (χ3v) is 7.11. The Labute approximate surface area is 202 Å². The second-order valence-electron chi connectivity index (χ2n) is 8.95. The van der Waals surface area contributed by atoms with Crippen LogP contribution in [-0.2, 0) is 17.9 Å². The van der Waals surface area contributed by atoms with Crippen molar-refractivity contribution in [1.82, 2.24) is 30.0 Å². The molecule has 1 atom stereocenters. The van der Waals surface area contributed by atoms with Gasteiger partial charge in [-0.2, -0.15) is 15.1 Å². The Kier molecular flexibility index (Phi) is 6.30. The number of aromatic nitrogens is 4. The molecule has 0 saturated carbocycles. The minimum absolute atomic E-state index is 0.352. The molecule has 0 aromatic carbocycles. The monoisotopic (exact) mass is 490 g/mol. The number of piperazine rings is 1. The van der Waals surface area contributed by atoms with Crippen molar-refractivity contribution in [1.29, 1.82) is 0 Å². The highest BCUT2D eigenvalue weighted by Gasteiger charge is 2.32. The summed E-state index contributed by atoms with van der Waals surface area (Å²) in [6, 6.07) is 0.703. The number of carbonyl (C=O) groups excluding carboxylic acids is 1. The number of anilines is 2. The number of hydrogen-bond donors (Lipinski definition) is 1. The summed E-state index contributed by atoms with van der Waals surface area (Å²) in [5.74, 6) is -0.803. The van der Waals surface area contributed by atoms with Crippen molar-refractivity contribution in [3.63, 3.8) is 0 Å². The number of nitrogens with zero attached hydrogens (tertiary/aromatic N) is 7. The molecule has 0 bridgehead atoms. The largest absolute Gasteiger partial charge is 0.462 e. The Morgan fingerprint density at radius 2 is 2.03 bits per heavy atom. The van der Waals surface area contributed by atoms with Crippen molar-refractivity contribution in [2.75, 3.05) is 56.2 Å². The van der Waals surface area contributed by atoms with Crippen molar-refractivity contribution in [3.05, 3.63) is 35.0 Å². The summed E-state index contributed by atoms with van der Waals surface area (Å²) < 4.78 is 19.4. The molecule has 182 valence electrons. The second kappa shape index (κ2) is 9.38. The van der Waals surface area contributed by atoms with Crippen LogP contribution in [0.3, 0.4) is 0 Å². The van der Waals surface area contributed by atoms with Crippen LogP contribution < -0.4 is 14.5 Å². The van der Waals surface area contributed by atoms with E-state index < -0.39 is 11.7 Å². The van der Waals surface area contributed by atoms with Gasteiger partial charge in [-0.3, -0.25) is 9.89 Å². The maximum absolute atomic E-state index is 13.3. The molecule has 2 aromatic rings. The number of aromatic amines is 1. The Balaban J connectivity index is 1.38. The van der Waals surface area contributed by atoms with Gasteiger partial charge in [-0.15, -0.1) is 0 Å². The van der Waals surface area contributed by atoms with E-state index in [1.807, 2.05) is 0 Å². The zero-order valence-corrected chi connectivity index (χ0v) is 19.9. The zero-order chi connectivity index (χ0) is 23.8. The summed E-state index contributed by atoms with van der Waals surface area (Å²) in [5, 5.41) is 7.27. The quantitative estimate of drug-likeness (QED) is 0.614. The smallest absolute Gasteiger partial charge is 0.318 e. The van der Waals surface area contributed by atoms with Gasteiger partial charge in [0.15, 0.2) is 5.83 Å². The number of hydrogen-bond acceptors (Lipinski definition) is 8. The van der Waals surface area contributed by atoms with Gasteiger partial charge in [0, 0.05) is 44.3 Å². The van der Waals surface area contributed by atoms with E-state index in [0.29, 0.717) is 63.1 Å². The lowest BCUT2D eigenvalue weighted by Crippen LogP contribution is -2.49. The van der Waals surface area contributed by atoms with Crippen molar-refractivity contribution >= 4 is 29.0 Å². The maximum Gasteiger partial charge on any atom is 0.318 e. The third-order valence-electron chi connectivity index (χ3n) is 6.83. The van der Waals surface area contributed by atoms with Crippen molar-refractivity contribution in [2.45, 2.75) is 32.0 Å². The number of rotatable bonds is 6. The molecule has 0 unspecified atom stereocenters. The maximum atomic E-state index is 13.3. The number of ether oxygens (including phenoxy) is 1. The van der Waals surface area contributed by atoms with Crippen molar-refractivity contribution in [3.8, 4) is 6.01 Å². The fraction of sp³-hybridized carbons (Fsp3) is 0.545. The van der Waals surface area contributed by atoms with Crippen LogP contribution in [0.2, 0.25) is 5.15 Å². The molecule has 34 heavy (non-hydrogen) atoms. The van der Waals surface area contributed by atoms with Gasteiger partial charge < -0.3 is 24.3 Å². The van der Waals surface area contributed by atoms with Gasteiger partial charge in [0.1, 0.15) is 17.6 Å². The molecular weight excluding hydrogens is 463 g/mol. The van der Waals surface area contributed by atoms with Gasteiger partial charge >= 0.3 is 6.01 Å². The molecule has 2 saturated heterocycles. The summed E-state index contributed by atoms with van der Waals surface area (Å²) in [6.07, 6.45) is 3.95. The molecule has 5 rings (SSSR count). The molecule has 10 nitrogen and oxygen atoms in total. The number of halogens is 2. The first-order chi connectivity index (χ1) is 16.4. The second-order valence-corrected chi connectivity index (χ2v) is 9.33. The highest BCUT2D eigenvalue weighted by Crippen LogP contribution is 2.36. The molecule has 2 fully saturated rings. The summed E-state index contributed by atoms with van der Waals surface area (Å²) in [7, 11) is 2.11. The van der Waals surface area contributed by atoms with E-state index in [0.717, 1.165) is 42.1 Å². The molecule has 1 N–H and O–H groups in total. The van der Waals surface area contributed by atoms with E-state index >= 15 is 0 Å². The number of carbonyl (C=O) groups is 1. The molecule has 3 aliphatic heterocycles. The minimum Gasteiger partial charge on any atom is -0.462 e. The molecule has 3 aliphatic rings. The molecule has 0 spiro atoms. The number of amides is 1. The first-order valence-corrected chi connectivity index (χ1v) is 11.8. The Hall–Kier alpha value is -2.92.